The van der Waals surface area contributed by atoms with E-state index in [4.69, 9.17) is 9.47 Å². The molecule has 0 spiro atoms. The highest BCUT2D eigenvalue weighted by atomic mass is 35.5. The van der Waals surface area contributed by atoms with Gasteiger partial charge in [0.1, 0.15) is 5.75 Å². The maximum Gasteiger partial charge on any atom is 0.347 e. The van der Waals surface area contributed by atoms with Crippen LogP contribution in [-0.2, 0) is 17.6 Å². The van der Waals surface area contributed by atoms with Crippen molar-refractivity contribution in [1.29, 1.82) is 0 Å². The molecule has 0 saturated carbocycles. The number of hydrogen-bond donors (Lipinski definition) is 0. The normalized spacial score (nSPS) is 13.6. The van der Waals surface area contributed by atoms with E-state index < -0.39 is 6.29 Å². The van der Waals surface area contributed by atoms with Crippen LogP contribution in [0, 0.1) is 11.8 Å². The SMILES string of the molecule is CC(C)Cc1cccc(OC(C)OC(C)[N+](C)(C)C(=O)c2ccccc2)c1CC(C)C.[Cl-]. The second-order valence-corrected chi connectivity index (χ2v) is 9.72. The molecule has 0 aliphatic carbocycles. The molecule has 0 bridgehead atoms. The summed E-state index contributed by atoms with van der Waals surface area (Å²) in [6.45, 7) is 12.8. The van der Waals surface area contributed by atoms with Gasteiger partial charge in [0.05, 0.1) is 19.7 Å². The number of halogens is 1. The van der Waals surface area contributed by atoms with Crippen molar-refractivity contribution in [1.82, 2.24) is 0 Å². The number of benzene rings is 2. The Morgan fingerprint density at radius 2 is 1.44 bits per heavy atom. The van der Waals surface area contributed by atoms with E-state index in [1.165, 1.54) is 11.1 Å². The van der Waals surface area contributed by atoms with Crippen LogP contribution in [0.1, 0.15) is 63.0 Å². The van der Waals surface area contributed by atoms with Crippen LogP contribution >= 0.6 is 0 Å². The predicted octanol–water partition coefficient (Wildman–Crippen LogP) is 3.09. The summed E-state index contributed by atoms with van der Waals surface area (Å²) in [4.78, 5) is 13.0. The Morgan fingerprint density at radius 3 is 2.00 bits per heavy atom. The first kappa shape index (κ1) is 28.2. The van der Waals surface area contributed by atoms with Crippen LogP contribution in [-0.4, -0.2) is 37.0 Å². The van der Waals surface area contributed by atoms with Crippen molar-refractivity contribution >= 4 is 5.91 Å². The van der Waals surface area contributed by atoms with Crippen LogP contribution in [0.3, 0.4) is 0 Å². The Labute approximate surface area is 200 Å². The molecule has 0 saturated heterocycles. The second-order valence-electron chi connectivity index (χ2n) is 9.72. The number of nitrogens with zero attached hydrogens (tertiary/aromatic N) is 1. The zero-order valence-corrected chi connectivity index (χ0v) is 21.6. The molecule has 2 aromatic carbocycles. The maximum absolute atomic E-state index is 13.0. The molecule has 178 valence electrons. The minimum Gasteiger partial charge on any atom is -1.00 e. The van der Waals surface area contributed by atoms with Crippen molar-refractivity contribution in [2.24, 2.45) is 11.8 Å². The number of amides is 1. The number of rotatable bonds is 10. The first-order valence-corrected chi connectivity index (χ1v) is 11.4. The fourth-order valence-electron chi connectivity index (χ4n) is 3.71. The van der Waals surface area contributed by atoms with Gasteiger partial charge in [-0.2, -0.15) is 0 Å². The Kier molecular flexibility index (Phi) is 10.9. The van der Waals surface area contributed by atoms with Crippen molar-refractivity contribution < 1.29 is 31.2 Å². The molecule has 5 heteroatoms. The minimum absolute atomic E-state index is 0. The van der Waals surface area contributed by atoms with E-state index in [0.717, 1.165) is 18.6 Å². The third kappa shape index (κ3) is 7.61. The van der Waals surface area contributed by atoms with E-state index >= 15 is 0 Å². The largest absolute Gasteiger partial charge is 1.00 e. The van der Waals surface area contributed by atoms with Gasteiger partial charge in [-0.25, -0.2) is 9.28 Å². The number of quaternary nitrogens is 1. The van der Waals surface area contributed by atoms with Crippen molar-refractivity contribution in [2.45, 2.75) is 66.9 Å². The average molecular weight is 462 g/mol. The first-order valence-electron chi connectivity index (χ1n) is 11.4. The lowest BCUT2D eigenvalue weighted by Gasteiger charge is -2.34. The van der Waals surface area contributed by atoms with Crippen molar-refractivity contribution in [3.05, 3.63) is 65.2 Å². The Balaban J connectivity index is 0.00000512. The van der Waals surface area contributed by atoms with Gasteiger partial charge in [0.15, 0.2) is 0 Å². The van der Waals surface area contributed by atoms with Crippen LogP contribution in [0.15, 0.2) is 48.5 Å². The highest BCUT2D eigenvalue weighted by molar-refractivity contribution is 5.88. The fourth-order valence-corrected chi connectivity index (χ4v) is 3.71. The van der Waals surface area contributed by atoms with Gasteiger partial charge in [-0.3, -0.25) is 4.74 Å². The van der Waals surface area contributed by atoms with E-state index in [1.54, 1.807) is 0 Å². The van der Waals surface area contributed by atoms with Gasteiger partial charge < -0.3 is 17.1 Å². The molecule has 2 aromatic rings. The lowest BCUT2D eigenvalue weighted by Crippen LogP contribution is -3.00. The Hall–Kier alpha value is -1.88. The van der Waals surface area contributed by atoms with Crippen molar-refractivity contribution in [3.63, 3.8) is 0 Å². The zero-order chi connectivity index (χ0) is 23.2. The number of ether oxygens (including phenoxy) is 2. The van der Waals surface area contributed by atoms with Crippen LogP contribution in [0.4, 0.5) is 0 Å². The molecule has 0 aromatic heterocycles. The summed E-state index contributed by atoms with van der Waals surface area (Å²) in [6.07, 6.45) is 1.15. The molecule has 2 unspecified atom stereocenters. The van der Waals surface area contributed by atoms with Crippen LogP contribution in [0.25, 0.3) is 0 Å². The van der Waals surface area contributed by atoms with Crippen molar-refractivity contribution in [2.75, 3.05) is 14.1 Å². The fraction of sp³-hybridized carbons (Fsp3) is 0.519. The van der Waals surface area contributed by atoms with E-state index in [2.05, 4.69) is 39.8 Å². The summed E-state index contributed by atoms with van der Waals surface area (Å²) in [7, 11) is 3.75. The van der Waals surface area contributed by atoms with Gasteiger partial charge >= 0.3 is 5.91 Å². The molecule has 2 atom stereocenters. The van der Waals surface area contributed by atoms with Crippen molar-refractivity contribution in [3.8, 4) is 5.75 Å². The lowest BCUT2D eigenvalue weighted by atomic mass is 9.92. The molecule has 0 N–H and O–H groups in total. The molecule has 0 aliphatic rings. The third-order valence-corrected chi connectivity index (χ3v) is 5.61. The van der Waals surface area contributed by atoms with Crippen LogP contribution in [0.5, 0.6) is 5.75 Å². The molecule has 1 amide bonds. The molecular weight excluding hydrogens is 422 g/mol. The first-order chi connectivity index (χ1) is 14.5. The lowest BCUT2D eigenvalue weighted by molar-refractivity contribution is -0.861. The summed E-state index contributed by atoms with van der Waals surface area (Å²) in [6, 6.07) is 15.6. The number of hydrogen-bond acceptors (Lipinski definition) is 3. The van der Waals surface area contributed by atoms with Gasteiger partial charge in [0.2, 0.25) is 12.5 Å². The molecule has 0 fully saturated rings. The summed E-state index contributed by atoms with van der Waals surface area (Å²) in [5.74, 6) is 2.01. The molecule has 0 radical (unpaired) electrons. The van der Waals surface area contributed by atoms with E-state index in [-0.39, 0.29) is 29.0 Å². The third-order valence-electron chi connectivity index (χ3n) is 5.61. The smallest absolute Gasteiger partial charge is 0.347 e. The average Bonchev–Trinajstić information content (AvgIpc) is 2.69. The van der Waals surface area contributed by atoms with E-state index in [1.807, 2.05) is 64.3 Å². The van der Waals surface area contributed by atoms with Crippen LogP contribution < -0.4 is 17.1 Å². The minimum atomic E-state index is -0.476. The van der Waals surface area contributed by atoms with Crippen LogP contribution in [0.2, 0.25) is 0 Å². The van der Waals surface area contributed by atoms with Gasteiger partial charge in [-0.1, -0.05) is 58.0 Å². The number of carbonyl (C=O) groups is 1. The van der Waals surface area contributed by atoms with Gasteiger partial charge in [-0.05, 0) is 60.9 Å². The Morgan fingerprint density at radius 1 is 0.844 bits per heavy atom. The monoisotopic (exact) mass is 461 g/mol. The predicted molar refractivity (Wildman–Crippen MR) is 127 cm³/mol. The second kappa shape index (κ2) is 12.4. The molecular formula is C27H40ClNO3. The molecule has 2 rings (SSSR count). The summed E-state index contributed by atoms with van der Waals surface area (Å²) < 4.78 is 12.5. The maximum atomic E-state index is 13.0. The van der Waals surface area contributed by atoms with Gasteiger partial charge in [-0.15, -0.1) is 0 Å². The van der Waals surface area contributed by atoms with E-state index in [0.29, 0.717) is 17.4 Å². The summed E-state index contributed by atoms with van der Waals surface area (Å²) >= 11 is 0. The highest BCUT2D eigenvalue weighted by Crippen LogP contribution is 2.29. The van der Waals surface area contributed by atoms with Gasteiger partial charge in [0, 0.05) is 6.92 Å². The molecule has 4 nitrogen and oxygen atoms in total. The molecule has 0 aliphatic heterocycles. The quantitative estimate of drug-likeness (QED) is 0.403. The zero-order valence-electron chi connectivity index (χ0n) is 20.9. The van der Waals surface area contributed by atoms with Gasteiger partial charge in [0.25, 0.3) is 0 Å². The van der Waals surface area contributed by atoms with E-state index in [9.17, 15) is 4.79 Å². The number of carbonyl (C=O) groups excluding carboxylic acids is 1. The molecule has 0 heterocycles. The standard InChI is InChI=1S/C27H40NO3.ClH/c1-19(2)17-24-15-12-16-26(25(24)18-20(3)4)31-22(6)30-21(5)28(7,8)27(29)23-13-10-9-11-14-23;/h9-16,19-22H,17-18H2,1-8H3;1H/q+1;/p-1. The molecule has 32 heavy (non-hydrogen) atoms. The Bertz CT molecular complexity index is 849. The highest BCUT2D eigenvalue weighted by Gasteiger charge is 2.36. The summed E-state index contributed by atoms with van der Waals surface area (Å²) in [5.41, 5.74) is 3.29. The summed E-state index contributed by atoms with van der Waals surface area (Å²) in [5, 5.41) is 0. The topological polar surface area (TPSA) is 35.5 Å².